The number of esters is 1. The minimum absolute atomic E-state index is 0.0671. The number of methoxy groups -OCH3 is 1. The number of amides is 1. The van der Waals surface area contributed by atoms with Crippen molar-refractivity contribution < 1.29 is 31.2 Å². The number of primary sulfonamides is 1. The van der Waals surface area contributed by atoms with Crippen molar-refractivity contribution in [1.82, 2.24) is 4.57 Å². The van der Waals surface area contributed by atoms with Crippen LogP contribution in [0.15, 0.2) is 81.5 Å². The standard InChI is InChI=1S/C24H22N4O7S3/c1-15-6-8-18(9-7-15)38(33,34)27-17-5-3-4-16(12-17)23(30)26-24-28(14-22(29)35-2)20-11-10-19(37(25,31)32)13-21(20)36-24/h3-13,27H,14H2,1-2H3,(H2,25,31,32). The fraction of sp³-hybridized carbons (Fsp3) is 0.125. The van der Waals surface area contributed by atoms with Crippen molar-refractivity contribution in [2.45, 2.75) is 23.3 Å². The van der Waals surface area contributed by atoms with Crippen LogP contribution < -0.4 is 14.7 Å². The summed E-state index contributed by atoms with van der Waals surface area (Å²) in [4.78, 5) is 29.3. The van der Waals surface area contributed by atoms with Crippen LogP contribution in [-0.4, -0.2) is 40.4 Å². The predicted molar refractivity (Wildman–Crippen MR) is 142 cm³/mol. The summed E-state index contributed by atoms with van der Waals surface area (Å²) in [6.07, 6.45) is 0. The van der Waals surface area contributed by atoms with E-state index in [4.69, 9.17) is 9.88 Å². The molecular weight excluding hydrogens is 552 g/mol. The van der Waals surface area contributed by atoms with Gasteiger partial charge in [-0.1, -0.05) is 35.1 Å². The lowest BCUT2D eigenvalue weighted by Gasteiger charge is -2.09. The first-order valence-electron chi connectivity index (χ1n) is 10.9. The minimum atomic E-state index is -3.98. The van der Waals surface area contributed by atoms with Crippen molar-refractivity contribution in [1.29, 1.82) is 0 Å². The predicted octanol–water partition coefficient (Wildman–Crippen LogP) is 2.37. The molecule has 4 rings (SSSR count). The van der Waals surface area contributed by atoms with E-state index in [1.165, 1.54) is 66.3 Å². The first-order valence-corrected chi connectivity index (χ1v) is 14.7. The average molecular weight is 575 g/mol. The third-order valence-corrected chi connectivity index (χ3v) is 8.74. The molecule has 0 bridgehead atoms. The zero-order valence-corrected chi connectivity index (χ0v) is 22.6. The van der Waals surface area contributed by atoms with Crippen molar-refractivity contribution in [2.24, 2.45) is 10.1 Å². The molecular formula is C24H22N4O7S3. The lowest BCUT2D eigenvalue weighted by Crippen LogP contribution is -2.22. The summed E-state index contributed by atoms with van der Waals surface area (Å²) >= 11 is 0.978. The third kappa shape index (κ3) is 5.99. The lowest BCUT2D eigenvalue weighted by molar-refractivity contribution is -0.141. The Kier molecular flexibility index (Phi) is 7.51. The Balaban J connectivity index is 1.72. The summed E-state index contributed by atoms with van der Waals surface area (Å²) in [5, 5.41) is 5.22. The van der Waals surface area contributed by atoms with Gasteiger partial charge in [-0.25, -0.2) is 22.0 Å². The van der Waals surface area contributed by atoms with Crippen molar-refractivity contribution in [2.75, 3.05) is 11.8 Å². The van der Waals surface area contributed by atoms with E-state index in [1.807, 2.05) is 6.92 Å². The summed E-state index contributed by atoms with van der Waals surface area (Å²) in [5.41, 5.74) is 1.59. The number of thiazole rings is 1. The number of ether oxygens (including phenoxy) is 1. The number of aromatic nitrogens is 1. The molecule has 14 heteroatoms. The van der Waals surface area contributed by atoms with E-state index in [1.54, 1.807) is 12.1 Å². The number of rotatable bonds is 7. The second-order valence-corrected chi connectivity index (χ2v) is 12.4. The van der Waals surface area contributed by atoms with Gasteiger partial charge in [0, 0.05) is 11.3 Å². The topological polar surface area (TPSA) is 167 Å². The molecule has 0 aliphatic carbocycles. The highest BCUT2D eigenvalue weighted by molar-refractivity contribution is 7.92. The maximum atomic E-state index is 13.1. The molecule has 0 aliphatic heterocycles. The van der Waals surface area contributed by atoms with E-state index in [-0.39, 0.29) is 32.4 Å². The number of fused-ring (bicyclic) bond motifs is 1. The average Bonchev–Trinajstić information content (AvgIpc) is 3.19. The Morgan fingerprint density at radius 1 is 1.00 bits per heavy atom. The Bertz CT molecular complexity index is 1840. The monoisotopic (exact) mass is 574 g/mol. The number of hydrogen-bond acceptors (Lipinski definition) is 8. The van der Waals surface area contributed by atoms with Crippen LogP contribution in [0.5, 0.6) is 0 Å². The van der Waals surface area contributed by atoms with E-state index in [0.717, 1.165) is 16.9 Å². The van der Waals surface area contributed by atoms with Gasteiger partial charge in [-0.2, -0.15) is 4.99 Å². The van der Waals surface area contributed by atoms with Crippen molar-refractivity contribution in [3.63, 3.8) is 0 Å². The first-order chi connectivity index (χ1) is 17.9. The van der Waals surface area contributed by atoms with Crippen LogP contribution in [0.3, 0.4) is 0 Å². The molecule has 1 amide bonds. The van der Waals surface area contributed by atoms with E-state index < -0.39 is 31.9 Å². The van der Waals surface area contributed by atoms with Crippen LogP contribution in [0.25, 0.3) is 10.2 Å². The fourth-order valence-electron chi connectivity index (χ4n) is 3.46. The number of anilines is 1. The van der Waals surface area contributed by atoms with E-state index in [0.29, 0.717) is 10.2 Å². The Morgan fingerprint density at radius 3 is 2.34 bits per heavy atom. The Morgan fingerprint density at radius 2 is 1.68 bits per heavy atom. The van der Waals surface area contributed by atoms with Gasteiger partial charge < -0.3 is 9.30 Å². The fourth-order valence-corrected chi connectivity index (χ4v) is 6.19. The number of nitrogens with two attached hydrogens (primary N) is 1. The van der Waals surface area contributed by atoms with Crippen LogP contribution in [0.1, 0.15) is 15.9 Å². The smallest absolute Gasteiger partial charge is 0.325 e. The molecule has 0 fully saturated rings. The molecule has 0 radical (unpaired) electrons. The molecule has 4 aromatic rings. The number of carbonyl (C=O) groups excluding carboxylic acids is 2. The number of sulfonamides is 2. The first kappa shape index (κ1) is 27.2. The molecule has 3 aromatic carbocycles. The van der Waals surface area contributed by atoms with Gasteiger partial charge in [0.25, 0.3) is 15.9 Å². The van der Waals surface area contributed by atoms with Gasteiger partial charge in [-0.05, 0) is 55.5 Å². The second-order valence-electron chi connectivity index (χ2n) is 8.14. The molecule has 0 saturated carbocycles. The highest BCUT2D eigenvalue weighted by Gasteiger charge is 2.17. The molecule has 3 N–H and O–H groups in total. The molecule has 198 valence electrons. The van der Waals surface area contributed by atoms with E-state index in [2.05, 4.69) is 9.71 Å². The van der Waals surface area contributed by atoms with Crippen molar-refractivity contribution in [3.05, 3.63) is 82.7 Å². The molecule has 11 nitrogen and oxygen atoms in total. The number of aryl methyl sites for hydroxylation is 1. The normalized spacial score (nSPS) is 12.4. The van der Waals surface area contributed by atoms with Gasteiger partial charge in [-0.15, -0.1) is 0 Å². The van der Waals surface area contributed by atoms with Crippen LogP contribution in [0.2, 0.25) is 0 Å². The van der Waals surface area contributed by atoms with Crippen LogP contribution in [0.4, 0.5) is 5.69 Å². The molecule has 0 unspecified atom stereocenters. The van der Waals surface area contributed by atoms with Gasteiger partial charge in [0.05, 0.1) is 27.1 Å². The van der Waals surface area contributed by atoms with E-state index in [9.17, 15) is 26.4 Å². The third-order valence-electron chi connectivity index (χ3n) is 5.39. The summed E-state index contributed by atoms with van der Waals surface area (Å²) < 4.78 is 58.0. The summed E-state index contributed by atoms with van der Waals surface area (Å²) in [6.45, 7) is 1.56. The lowest BCUT2D eigenvalue weighted by atomic mass is 10.2. The Labute approximate surface area is 222 Å². The molecule has 0 spiro atoms. The van der Waals surface area contributed by atoms with Crippen LogP contribution in [0, 0.1) is 6.92 Å². The summed E-state index contributed by atoms with van der Waals surface area (Å²) in [5.74, 6) is -1.32. The zero-order chi connectivity index (χ0) is 27.7. The maximum Gasteiger partial charge on any atom is 0.325 e. The number of carbonyl (C=O) groups is 2. The summed E-state index contributed by atoms with van der Waals surface area (Å²) in [7, 11) is -6.66. The van der Waals surface area contributed by atoms with Crippen molar-refractivity contribution in [3.8, 4) is 0 Å². The largest absolute Gasteiger partial charge is 0.468 e. The van der Waals surface area contributed by atoms with E-state index >= 15 is 0 Å². The van der Waals surface area contributed by atoms with Gasteiger partial charge in [0.1, 0.15) is 6.54 Å². The second kappa shape index (κ2) is 10.5. The quantitative estimate of drug-likeness (QED) is 0.320. The zero-order valence-electron chi connectivity index (χ0n) is 20.1. The highest BCUT2D eigenvalue weighted by Crippen LogP contribution is 2.22. The number of hydrogen-bond donors (Lipinski definition) is 2. The SMILES string of the molecule is COC(=O)Cn1c(=NC(=O)c2cccc(NS(=O)(=O)c3ccc(C)cc3)c2)sc2cc(S(N)(=O)=O)ccc21. The summed E-state index contributed by atoms with van der Waals surface area (Å²) in [6, 6.07) is 16.2. The Hall–Kier alpha value is -3.85. The molecule has 0 atom stereocenters. The van der Waals surface area contributed by atoms with Crippen molar-refractivity contribution >= 4 is 59.2 Å². The van der Waals surface area contributed by atoms with Gasteiger partial charge in [0.15, 0.2) is 4.80 Å². The van der Waals surface area contributed by atoms with Gasteiger partial charge >= 0.3 is 5.97 Å². The molecule has 0 aliphatic rings. The molecule has 0 saturated heterocycles. The number of nitrogens with one attached hydrogen (secondary N) is 1. The van der Waals surface area contributed by atoms with Gasteiger partial charge in [-0.3, -0.25) is 14.3 Å². The number of nitrogens with zero attached hydrogens (tertiary/aromatic N) is 2. The highest BCUT2D eigenvalue weighted by atomic mass is 32.2. The molecule has 1 heterocycles. The molecule has 1 aromatic heterocycles. The van der Waals surface area contributed by atoms with Crippen LogP contribution in [-0.2, 0) is 36.1 Å². The minimum Gasteiger partial charge on any atom is -0.468 e. The van der Waals surface area contributed by atoms with Gasteiger partial charge in [0.2, 0.25) is 10.0 Å². The maximum absolute atomic E-state index is 13.1. The number of benzene rings is 3. The van der Waals surface area contributed by atoms with Crippen LogP contribution >= 0.6 is 11.3 Å². The molecule has 38 heavy (non-hydrogen) atoms.